The van der Waals surface area contributed by atoms with E-state index in [1.165, 1.54) is 12.8 Å². The first kappa shape index (κ1) is 11.4. The van der Waals surface area contributed by atoms with Gasteiger partial charge in [0.1, 0.15) is 5.75 Å². The molecule has 4 heteroatoms. The van der Waals surface area contributed by atoms with E-state index in [1.807, 2.05) is 18.2 Å². The number of halogens is 1. The summed E-state index contributed by atoms with van der Waals surface area (Å²) in [6, 6.07) is 5.74. The molecule has 1 aliphatic rings. The highest BCUT2D eigenvalue weighted by atomic mass is 79.9. The summed E-state index contributed by atoms with van der Waals surface area (Å²) in [6.07, 6.45) is 4.06. The molecule has 2 rings (SSSR count). The summed E-state index contributed by atoms with van der Waals surface area (Å²) in [5.41, 5.74) is 0.915. The van der Waals surface area contributed by atoms with Crippen molar-refractivity contribution in [3.05, 3.63) is 28.2 Å². The fourth-order valence-electron chi connectivity index (χ4n) is 1.44. The molecule has 0 atom stereocenters. The molecule has 1 saturated carbocycles. The van der Waals surface area contributed by atoms with Crippen LogP contribution in [0.15, 0.2) is 27.7 Å². The number of isocyanates is 1. The van der Waals surface area contributed by atoms with Crippen molar-refractivity contribution in [1.82, 2.24) is 0 Å². The van der Waals surface area contributed by atoms with E-state index in [0.29, 0.717) is 12.5 Å². The molecule has 0 bridgehead atoms. The first-order valence-corrected chi connectivity index (χ1v) is 6.04. The van der Waals surface area contributed by atoms with Gasteiger partial charge in [-0.3, -0.25) is 0 Å². The molecular formula is C12H12BrNO2. The number of carbonyl (C=O) groups excluding carboxylic acids is 1. The van der Waals surface area contributed by atoms with E-state index < -0.39 is 0 Å². The molecule has 0 radical (unpaired) electrons. The SMILES string of the molecule is O=C=NCc1cccc(Br)c1OCC1CC1. The van der Waals surface area contributed by atoms with Crippen LogP contribution >= 0.6 is 15.9 Å². The Bertz CT molecular complexity index is 423. The van der Waals surface area contributed by atoms with Crippen LogP contribution in [0.4, 0.5) is 0 Å². The maximum atomic E-state index is 10.1. The average molecular weight is 282 g/mol. The van der Waals surface area contributed by atoms with Gasteiger partial charge in [-0.1, -0.05) is 12.1 Å². The fraction of sp³-hybridized carbons (Fsp3) is 0.417. The Morgan fingerprint density at radius 3 is 3.00 bits per heavy atom. The normalized spacial score (nSPS) is 14.3. The second-order valence-corrected chi connectivity index (χ2v) is 4.74. The molecule has 84 valence electrons. The highest BCUT2D eigenvalue weighted by molar-refractivity contribution is 9.10. The van der Waals surface area contributed by atoms with E-state index in [1.54, 1.807) is 6.08 Å². The quantitative estimate of drug-likeness (QED) is 0.615. The summed E-state index contributed by atoms with van der Waals surface area (Å²) in [5, 5.41) is 0. The minimum atomic E-state index is 0.322. The molecule has 0 heterocycles. The van der Waals surface area contributed by atoms with Gasteiger partial charge < -0.3 is 4.74 Å². The highest BCUT2D eigenvalue weighted by Gasteiger charge is 2.22. The van der Waals surface area contributed by atoms with Crippen LogP contribution in [0, 0.1) is 5.92 Å². The van der Waals surface area contributed by atoms with Gasteiger partial charge in [0.25, 0.3) is 0 Å². The number of ether oxygens (including phenoxy) is 1. The van der Waals surface area contributed by atoms with Gasteiger partial charge >= 0.3 is 0 Å². The van der Waals surface area contributed by atoms with Gasteiger partial charge in [-0.25, -0.2) is 9.79 Å². The Morgan fingerprint density at radius 2 is 2.31 bits per heavy atom. The largest absolute Gasteiger partial charge is 0.492 e. The van der Waals surface area contributed by atoms with Crippen molar-refractivity contribution in [2.24, 2.45) is 10.9 Å². The van der Waals surface area contributed by atoms with Crippen molar-refractivity contribution >= 4 is 22.0 Å². The maximum absolute atomic E-state index is 10.1. The lowest BCUT2D eigenvalue weighted by Crippen LogP contribution is -2.02. The zero-order valence-corrected chi connectivity index (χ0v) is 10.4. The second-order valence-electron chi connectivity index (χ2n) is 3.89. The summed E-state index contributed by atoms with van der Waals surface area (Å²) < 4.78 is 6.66. The fourth-order valence-corrected chi connectivity index (χ4v) is 1.96. The van der Waals surface area contributed by atoms with Crippen LogP contribution < -0.4 is 4.74 Å². The predicted molar refractivity (Wildman–Crippen MR) is 64.2 cm³/mol. The van der Waals surface area contributed by atoms with Crippen molar-refractivity contribution in [3.63, 3.8) is 0 Å². The molecule has 0 spiro atoms. The number of benzene rings is 1. The minimum Gasteiger partial charge on any atom is -0.492 e. The van der Waals surface area contributed by atoms with Crippen molar-refractivity contribution in [2.75, 3.05) is 6.61 Å². The average Bonchev–Trinajstić information content (AvgIpc) is 3.09. The van der Waals surface area contributed by atoms with E-state index in [-0.39, 0.29) is 0 Å². The van der Waals surface area contributed by atoms with E-state index in [2.05, 4.69) is 20.9 Å². The van der Waals surface area contributed by atoms with Crippen LogP contribution in [0.2, 0.25) is 0 Å². The first-order valence-electron chi connectivity index (χ1n) is 5.25. The van der Waals surface area contributed by atoms with E-state index >= 15 is 0 Å². The predicted octanol–water partition coefficient (Wildman–Crippen LogP) is 3.07. The first-order chi connectivity index (χ1) is 7.81. The van der Waals surface area contributed by atoms with Crippen LogP contribution in [0.5, 0.6) is 5.75 Å². The van der Waals surface area contributed by atoms with Gasteiger partial charge in [0, 0.05) is 5.56 Å². The zero-order chi connectivity index (χ0) is 11.4. The lowest BCUT2D eigenvalue weighted by atomic mass is 10.2. The molecular weight excluding hydrogens is 270 g/mol. The highest BCUT2D eigenvalue weighted by Crippen LogP contribution is 2.34. The van der Waals surface area contributed by atoms with Gasteiger partial charge in [0.15, 0.2) is 0 Å². The third kappa shape index (κ3) is 2.94. The molecule has 1 aromatic carbocycles. The van der Waals surface area contributed by atoms with Crippen molar-refractivity contribution < 1.29 is 9.53 Å². The minimum absolute atomic E-state index is 0.322. The molecule has 0 aromatic heterocycles. The van der Waals surface area contributed by atoms with Crippen LogP contribution in [-0.2, 0) is 11.3 Å². The molecule has 16 heavy (non-hydrogen) atoms. The van der Waals surface area contributed by atoms with Crippen LogP contribution in [0.25, 0.3) is 0 Å². The lowest BCUT2D eigenvalue weighted by Gasteiger charge is -2.11. The topological polar surface area (TPSA) is 38.7 Å². The molecule has 0 N–H and O–H groups in total. The number of hydrogen-bond acceptors (Lipinski definition) is 3. The van der Waals surface area contributed by atoms with E-state index in [4.69, 9.17) is 4.74 Å². The summed E-state index contributed by atoms with van der Waals surface area (Å²) in [7, 11) is 0. The van der Waals surface area contributed by atoms with Gasteiger partial charge in [-0.05, 0) is 40.8 Å². The van der Waals surface area contributed by atoms with Gasteiger partial charge in [0.05, 0.1) is 17.6 Å². The molecule has 0 amide bonds. The molecule has 0 saturated heterocycles. The summed E-state index contributed by atoms with van der Waals surface area (Å²) >= 11 is 3.44. The second kappa shape index (κ2) is 5.28. The standard InChI is InChI=1S/C12H12BrNO2/c13-11-3-1-2-10(6-14-8-15)12(11)16-7-9-4-5-9/h1-3,9H,4-7H2. The molecule has 0 unspecified atom stereocenters. The Kier molecular flexibility index (Phi) is 3.75. The number of hydrogen-bond donors (Lipinski definition) is 0. The Balaban J connectivity index is 2.13. The van der Waals surface area contributed by atoms with Gasteiger partial charge in [-0.15, -0.1) is 0 Å². The number of nitrogens with zero attached hydrogens (tertiary/aromatic N) is 1. The van der Waals surface area contributed by atoms with Gasteiger partial charge in [0.2, 0.25) is 6.08 Å². The Morgan fingerprint density at radius 1 is 1.50 bits per heavy atom. The molecule has 0 aliphatic heterocycles. The van der Waals surface area contributed by atoms with Crippen LogP contribution in [0.1, 0.15) is 18.4 Å². The summed E-state index contributed by atoms with van der Waals surface area (Å²) in [4.78, 5) is 13.7. The third-order valence-corrected chi connectivity index (χ3v) is 3.15. The van der Waals surface area contributed by atoms with Crippen molar-refractivity contribution in [1.29, 1.82) is 0 Å². The molecule has 3 nitrogen and oxygen atoms in total. The summed E-state index contributed by atoms with van der Waals surface area (Å²) in [6.45, 7) is 1.07. The maximum Gasteiger partial charge on any atom is 0.235 e. The molecule has 1 aromatic rings. The van der Waals surface area contributed by atoms with E-state index in [0.717, 1.165) is 22.4 Å². The number of aliphatic imine (C=N–C) groups is 1. The van der Waals surface area contributed by atoms with Crippen LogP contribution in [0.3, 0.4) is 0 Å². The van der Waals surface area contributed by atoms with E-state index in [9.17, 15) is 4.79 Å². The summed E-state index contributed by atoms with van der Waals surface area (Å²) in [5.74, 6) is 1.50. The molecule has 1 fully saturated rings. The number of para-hydroxylation sites is 1. The lowest BCUT2D eigenvalue weighted by molar-refractivity contribution is 0.295. The van der Waals surface area contributed by atoms with Crippen molar-refractivity contribution in [2.45, 2.75) is 19.4 Å². The van der Waals surface area contributed by atoms with Crippen molar-refractivity contribution in [3.8, 4) is 5.75 Å². The molecule has 1 aliphatic carbocycles. The monoisotopic (exact) mass is 281 g/mol. The van der Waals surface area contributed by atoms with Gasteiger partial charge in [-0.2, -0.15) is 0 Å². The Hall–Kier alpha value is -1.12. The zero-order valence-electron chi connectivity index (χ0n) is 8.78. The smallest absolute Gasteiger partial charge is 0.235 e. The number of rotatable bonds is 5. The Labute approximate surface area is 103 Å². The van der Waals surface area contributed by atoms with Crippen LogP contribution in [-0.4, -0.2) is 12.7 Å². The third-order valence-electron chi connectivity index (χ3n) is 2.52.